The van der Waals surface area contributed by atoms with Crippen molar-refractivity contribution in [2.45, 2.75) is 30.4 Å². The predicted molar refractivity (Wildman–Crippen MR) is 101 cm³/mol. The number of fused-ring (bicyclic) bond motifs is 3. The topological polar surface area (TPSA) is 59.0 Å². The second-order valence-electron chi connectivity index (χ2n) is 7.75. The third-order valence-corrected chi connectivity index (χ3v) is 6.13. The Morgan fingerprint density at radius 2 is 1.74 bits per heavy atom. The van der Waals surface area contributed by atoms with Crippen molar-refractivity contribution in [2.75, 3.05) is 26.4 Å². The van der Waals surface area contributed by atoms with Crippen LogP contribution < -0.4 is 0 Å². The quantitative estimate of drug-likeness (QED) is 0.908. The summed E-state index contributed by atoms with van der Waals surface area (Å²) < 4.78 is 11.5. The van der Waals surface area contributed by atoms with Gasteiger partial charge in [0.1, 0.15) is 6.61 Å². The van der Waals surface area contributed by atoms with Crippen molar-refractivity contribution in [3.8, 4) is 11.1 Å². The summed E-state index contributed by atoms with van der Waals surface area (Å²) in [5, 5.41) is 9.40. The Hall–Kier alpha value is -2.37. The van der Waals surface area contributed by atoms with Crippen molar-refractivity contribution in [3.63, 3.8) is 0 Å². The van der Waals surface area contributed by atoms with Crippen molar-refractivity contribution in [1.82, 2.24) is 4.90 Å². The van der Waals surface area contributed by atoms with Gasteiger partial charge >= 0.3 is 6.09 Å². The number of nitrogens with zero attached hydrogens (tertiary/aromatic N) is 1. The molecule has 2 aliphatic carbocycles. The SMILES string of the molecule is O=C(OCC1c2ccccc2-c2ccccc21)N1CC(CO)OCC12CC2. The third-order valence-electron chi connectivity index (χ3n) is 6.13. The minimum atomic E-state index is -0.322. The van der Waals surface area contributed by atoms with Crippen LogP contribution in [0.25, 0.3) is 11.1 Å². The molecule has 2 fully saturated rings. The number of ether oxygens (including phenoxy) is 2. The van der Waals surface area contributed by atoms with Crippen LogP contribution in [0.2, 0.25) is 0 Å². The fourth-order valence-electron chi connectivity index (χ4n) is 4.41. The molecule has 3 aliphatic rings. The van der Waals surface area contributed by atoms with Gasteiger partial charge in [-0.15, -0.1) is 0 Å². The Kier molecular flexibility index (Phi) is 3.95. The summed E-state index contributed by atoms with van der Waals surface area (Å²) in [5.41, 5.74) is 4.65. The number of carbonyl (C=O) groups is 1. The van der Waals surface area contributed by atoms with Crippen molar-refractivity contribution < 1.29 is 19.4 Å². The van der Waals surface area contributed by atoms with Crippen LogP contribution >= 0.6 is 0 Å². The molecular formula is C22H23NO4. The molecule has 1 N–H and O–H groups in total. The van der Waals surface area contributed by atoms with Gasteiger partial charge in [-0.05, 0) is 35.1 Å². The summed E-state index contributed by atoms with van der Waals surface area (Å²) in [6, 6.07) is 16.7. The molecule has 2 aromatic rings. The highest BCUT2D eigenvalue weighted by Gasteiger charge is 2.54. The maximum atomic E-state index is 12.9. The van der Waals surface area contributed by atoms with Crippen LogP contribution in [0, 0.1) is 0 Å². The molecule has 2 aromatic carbocycles. The summed E-state index contributed by atoms with van der Waals surface area (Å²) in [7, 11) is 0. The number of hydrogen-bond acceptors (Lipinski definition) is 4. The number of amides is 1. The van der Waals surface area contributed by atoms with E-state index >= 15 is 0 Å². The van der Waals surface area contributed by atoms with Gasteiger partial charge in [0.15, 0.2) is 0 Å². The van der Waals surface area contributed by atoms with E-state index < -0.39 is 0 Å². The van der Waals surface area contributed by atoms with Crippen LogP contribution in [-0.2, 0) is 9.47 Å². The first-order valence-electron chi connectivity index (χ1n) is 9.57. The second kappa shape index (κ2) is 6.36. The number of aliphatic hydroxyl groups is 1. The first-order chi connectivity index (χ1) is 13.2. The number of aliphatic hydroxyl groups excluding tert-OH is 1. The lowest BCUT2D eigenvalue weighted by atomic mass is 9.98. The number of rotatable bonds is 3. The van der Waals surface area contributed by atoms with Gasteiger partial charge in [0, 0.05) is 5.92 Å². The normalized spacial score (nSPS) is 22.4. The van der Waals surface area contributed by atoms with Crippen LogP contribution in [-0.4, -0.2) is 54.1 Å². The van der Waals surface area contributed by atoms with Crippen LogP contribution in [0.4, 0.5) is 4.79 Å². The van der Waals surface area contributed by atoms with Crippen LogP contribution in [0.1, 0.15) is 29.9 Å². The number of carbonyl (C=O) groups excluding carboxylic acids is 1. The van der Waals surface area contributed by atoms with E-state index in [1.807, 2.05) is 24.3 Å². The minimum absolute atomic E-state index is 0.0613. The summed E-state index contributed by atoms with van der Waals surface area (Å²) in [5.74, 6) is 0.0613. The van der Waals surface area contributed by atoms with E-state index in [0.29, 0.717) is 19.8 Å². The fourth-order valence-corrected chi connectivity index (χ4v) is 4.41. The van der Waals surface area contributed by atoms with Gasteiger partial charge in [-0.1, -0.05) is 48.5 Å². The molecule has 1 saturated carbocycles. The molecule has 1 heterocycles. The Bertz CT molecular complexity index is 831. The van der Waals surface area contributed by atoms with Gasteiger partial charge in [0.25, 0.3) is 0 Å². The van der Waals surface area contributed by atoms with Crippen molar-refractivity contribution in [2.24, 2.45) is 0 Å². The molecule has 1 unspecified atom stereocenters. The van der Waals surface area contributed by atoms with E-state index in [1.54, 1.807) is 4.90 Å². The minimum Gasteiger partial charge on any atom is -0.448 e. The van der Waals surface area contributed by atoms with Crippen LogP contribution in [0.15, 0.2) is 48.5 Å². The molecule has 1 saturated heterocycles. The lowest BCUT2D eigenvalue weighted by molar-refractivity contribution is -0.0850. The third kappa shape index (κ3) is 2.73. The summed E-state index contributed by atoms with van der Waals surface area (Å²) in [6.45, 7) is 1.13. The standard InChI is InChI=1S/C22H23NO4/c24-12-15-11-23(22(9-10-22)14-27-15)21(25)26-13-20-18-7-3-1-5-16(18)17-6-2-4-8-19(17)20/h1-8,15,20,24H,9-14H2. The van der Waals surface area contributed by atoms with E-state index in [4.69, 9.17) is 9.47 Å². The van der Waals surface area contributed by atoms with Gasteiger partial charge in [-0.25, -0.2) is 4.79 Å². The molecule has 5 nitrogen and oxygen atoms in total. The van der Waals surface area contributed by atoms with Crippen LogP contribution in [0.5, 0.6) is 0 Å². The summed E-state index contributed by atoms with van der Waals surface area (Å²) in [6.07, 6.45) is 1.26. The van der Waals surface area contributed by atoms with Gasteiger partial charge in [0.05, 0.1) is 31.4 Å². The molecule has 5 heteroatoms. The Labute approximate surface area is 158 Å². The number of morpholine rings is 1. The van der Waals surface area contributed by atoms with Gasteiger partial charge in [-0.3, -0.25) is 4.90 Å². The van der Waals surface area contributed by atoms with Gasteiger partial charge in [-0.2, -0.15) is 0 Å². The molecule has 1 aliphatic heterocycles. The fraction of sp³-hybridized carbons (Fsp3) is 0.409. The Morgan fingerprint density at radius 3 is 2.33 bits per heavy atom. The zero-order valence-electron chi connectivity index (χ0n) is 15.1. The molecular weight excluding hydrogens is 342 g/mol. The Balaban J connectivity index is 1.35. The molecule has 5 rings (SSSR count). The van der Waals surface area contributed by atoms with E-state index in [-0.39, 0.29) is 30.3 Å². The lowest BCUT2D eigenvalue weighted by Crippen LogP contribution is -2.55. The molecule has 140 valence electrons. The predicted octanol–water partition coefficient (Wildman–Crippen LogP) is 3.16. The van der Waals surface area contributed by atoms with Crippen molar-refractivity contribution in [1.29, 1.82) is 0 Å². The summed E-state index contributed by atoms with van der Waals surface area (Å²) in [4.78, 5) is 14.6. The zero-order valence-corrected chi connectivity index (χ0v) is 15.1. The Morgan fingerprint density at radius 1 is 1.11 bits per heavy atom. The van der Waals surface area contributed by atoms with Crippen LogP contribution in [0.3, 0.4) is 0 Å². The first-order valence-corrected chi connectivity index (χ1v) is 9.57. The molecule has 27 heavy (non-hydrogen) atoms. The smallest absolute Gasteiger partial charge is 0.410 e. The molecule has 1 amide bonds. The molecule has 1 spiro atoms. The van der Waals surface area contributed by atoms with Crippen molar-refractivity contribution in [3.05, 3.63) is 59.7 Å². The highest BCUT2D eigenvalue weighted by Crippen LogP contribution is 2.46. The first kappa shape index (κ1) is 16.8. The monoisotopic (exact) mass is 365 g/mol. The van der Waals surface area contributed by atoms with E-state index in [2.05, 4.69) is 24.3 Å². The zero-order chi connectivity index (χ0) is 18.4. The maximum absolute atomic E-state index is 12.9. The van der Waals surface area contributed by atoms with E-state index in [1.165, 1.54) is 22.3 Å². The van der Waals surface area contributed by atoms with E-state index in [0.717, 1.165) is 12.8 Å². The van der Waals surface area contributed by atoms with Gasteiger partial charge in [0.2, 0.25) is 0 Å². The molecule has 0 radical (unpaired) electrons. The average Bonchev–Trinajstić information content (AvgIpc) is 3.41. The average molecular weight is 365 g/mol. The second-order valence-corrected chi connectivity index (χ2v) is 7.75. The molecule has 0 bridgehead atoms. The summed E-state index contributed by atoms with van der Waals surface area (Å²) >= 11 is 0. The molecule has 0 aromatic heterocycles. The number of benzene rings is 2. The van der Waals surface area contributed by atoms with Crippen molar-refractivity contribution >= 4 is 6.09 Å². The highest BCUT2D eigenvalue weighted by molar-refractivity contribution is 5.79. The number of hydrogen-bond donors (Lipinski definition) is 1. The maximum Gasteiger partial charge on any atom is 0.410 e. The lowest BCUT2D eigenvalue weighted by Gasteiger charge is -2.39. The van der Waals surface area contributed by atoms with Gasteiger partial charge < -0.3 is 14.6 Å². The largest absolute Gasteiger partial charge is 0.448 e. The van der Waals surface area contributed by atoms with E-state index in [9.17, 15) is 9.90 Å². The molecule has 1 atom stereocenters. The highest BCUT2D eigenvalue weighted by atomic mass is 16.6.